The molecule has 0 aromatic carbocycles. The highest BCUT2D eigenvalue weighted by Gasteiger charge is 2.06. The minimum Gasteiger partial charge on any atom is -0.389 e. The summed E-state index contributed by atoms with van der Waals surface area (Å²) in [5, 5.41) is 13.1. The average Bonchev–Trinajstić information content (AvgIpc) is 2.40. The quantitative estimate of drug-likeness (QED) is 0.483. The Morgan fingerprint density at radius 3 is 2.53 bits per heavy atom. The van der Waals surface area contributed by atoms with Crippen LogP contribution in [-0.2, 0) is 4.74 Å². The first-order valence-corrected chi connectivity index (χ1v) is 9.08. The Balaban J connectivity index is 3.22. The van der Waals surface area contributed by atoms with Crippen LogP contribution >= 0.6 is 11.8 Å². The van der Waals surface area contributed by atoms with Gasteiger partial charge in [0, 0.05) is 24.9 Å². The van der Waals surface area contributed by atoms with Crippen molar-refractivity contribution in [1.29, 1.82) is 0 Å². The van der Waals surface area contributed by atoms with Crippen molar-refractivity contribution in [2.45, 2.75) is 64.5 Å². The molecule has 0 fully saturated rings. The molecule has 4 heteroatoms. The topological polar surface area (TPSA) is 41.5 Å². The summed E-state index contributed by atoms with van der Waals surface area (Å²) in [6, 6.07) is 0.447. The summed E-state index contributed by atoms with van der Waals surface area (Å²) in [4.78, 5) is 0. The zero-order chi connectivity index (χ0) is 14.3. The molecule has 0 aromatic heterocycles. The van der Waals surface area contributed by atoms with E-state index in [4.69, 9.17) is 4.74 Å². The van der Waals surface area contributed by atoms with Crippen LogP contribution in [0.2, 0.25) is 0 Å². The van der Waals surface area contributed by atoms with Gasteiger partial charge in [0.05, 0.1) is 12.7 Å². The first-order valence-electron chi connectivity index (χ1n) is 7.68. The van der Waals surface area contributed by atoms with Crippen LogP contribution < -0.4 is 5.32 Å². The summed E-state index contributed by atoms with van der Waals surface area (Å²) in [5.41, 5.74) is 0. The van der Waals surface area contributed by atoms with Crippen molar-refractivity contribution < 1.29 is 9.84 Å². The van der Waals surface area contributed by atoms with Gasteiger partial charge >= 0.3 is 0 Å². The lowest BCUT2D eigenvalue weighted by Crippen LogP contribution is -2.37. The summed E-state index contributed by atoms with van der Waals surface area (Å²) < 4.78 is 5.50. The van der Waals surface area contributed by atoms with Crippen LogP contribution in [0, 0.1) is 0 Å². The van der Waals surface area contributed by atoms with Crippen LogP contribution in [0.15, 0.2) is 0 Å². The molecular weight excluding hydrogens is 258 g/mol. The molecule has 0 spiro atoms. The predicted octanol–water partition coefficient (Wildman–Crippen LogP) is 3.07. The number of thioether (sulfide) groups is 1. The second-order valence-corrected chi connectivity index (χ2v) is 6.17. The molecule has 0 amide bonds. The highest BCUT2D eigenvalue weighted by Crippen LogP contribution is 2.05. The highest BCUT2D eigenvalue weighted by atomic mass is 32.2. The maximum absolute atomic E-state index is 9.74. The predicted molar refractivity (Wildman–Crippen MR) is 86.0 cm³/mol. The first kappa shape index (κ1) is 19.2. The van der Waals surface area contributed by atoms with Crippen LogP contribution in [0.25, 0.3) is 0 Å². The van der Waals surface area contributed by atoms with Gasteiger partial charge in [-0.3, -0.25) is 0 Å². The summed E-state index contributed by atoms with van der Waals surface area (Å²) in [6.45, 7) is 6.23. The van der Waals surface area contributed by atoms with Gasteiger partial charge in [-0.2, -0.15) is 11.8 Å². The molecule has 0 saturated carbocycles. The molecule has 0 rings (SSSR count). The zero-order valence-electron chi connectivity index (χ0n) is 13.0. The third-order valence-corrected chi connectivity index (χ3v) is 3.90. The SMILES string of the molecule is CCCCCCCCOCC(O)CNC(C)CSC. The summed E-state index contributed by atoms with van der Waals surface area (Å²) in [7, 11) is 0. The highest BCUT2D eigenvalue weighted by molar-refractivity contribution is 7.98. The Morgan fingerprint density at radius 1 is 1.16 bits per heavy atom. The van der Waals surface area contributed by atoms with E-state index in [0.29, 0.717) is 19.2 Å². The van der Waals surface area contributed by atoms with Gasteiger partial charge in [0.1, 0.15) is 0 Å². The van der Waals surface area contributed by atoms with E-state index in [1.165, 1.54) is 32.1 Å². The standard InChI is InChI=1S/C15H33NO2S/c1-4-5-6-7-8-9-10-18-12-15(17)11-16-14(2)13-19-3/h14-17H,4-13H2,1-3H3. The van der Waals surface area contributed by atoms with Crippen molar-refractivity contribution in [1.82, 2.24) is 5.32 Å². The minimum absolute atomic E-state index is 0.385. The number of nitrogens with one attached hydrogen (secondary N) is 1. The summed E-state index contributed by atoms with van der Waals surface area (Å²) in [5.74, 6) is 1.07. The van der Waals surface area contributed by atoms with Crippen molar-refractivity contribution >= 4 is 11.8 Å². The van der Waals surface area contributed by atoms with Crippen molar-refractivity contribution in [2.75, 3.05) is 31.8 Å². The molecule has 0 aliphatic heterocycles. The molecule has 0 saturated heterocycles. The van der Waals surface area contributed by atoms with E-state index in [0.717, 1.165) is 18.8 Å². The summed E-state index contributed by atoms with van der Waals surface area (Å²) >= 11 is 1.82. The Bertz CT molecular complexity index is 182. The van der Waals surface area contributed by atoms with Crippen LogP contribution in [0.4, 0.5) is 0 Å². The van der Waals surface area contributed by atoms with E-state index in [1.54, 1.807) is 0 Å². The van der Waals surface area contributed by atoms with Crippen LogP contribution in [-0.4, -0.2) is 49.0 Å². The van der Waals surface area contributed by atoms with E-state index in [2.05, 4.69) is 25.4 Å². The number of ether oxygens (including phenoxy) is 1. The van der Waals surface area contributed by atoms with Crippen molar-refractivity contribution in [3.63, 3.8) is 0 Å². The fourth-order valence-corrected chi connectivity index (χ4v) is 2.53. The van der Waals surface area contributed by atoms with Gasteiger partial charge in [-0.1, -0.05) is 39.0 Å². The van der Waals surface area contributed by atoms with Gasteiger partial charge in [-0.05, 0) is 19.6 Å². The van der Waals surface area contributed by atoms with Crippen molar-refractivity contribution in [2.24, 2.45) is 0 Å². The maximum atomic E-state index is 9.74. The van der Waals surface area contributed by atoms with Crippen LogP contribution in [0.5, 0.6) is 0 Å². The number of hydrogen-bond donors (Lipinski definition) is 2. The van der Waals surface area contributed by atoms with Gasteiger partial charge in [0.15, 0.2) is 0 Å². The minimum atomic E-state index is -0.385. The zero-order valence-corrected chi connectivity index (χ0v) is 13.8. The van der Waals surface area contributed by atoms with Crippen molar-refractivity contribution in [3.05, 3.63) is 0 Å². The van der Waals surface area contributed by atoms with Crippen LogP contribution in [0.1, 0.15) is 52.4 Å². The maximum Gasteiger partial charge on any atom is 0.0897 e. The van der Waals surface area contributed by atoms with E-state index >= 15 is 0 Å². The van der Waals surface area contributed by atoms with Crippen molar-refractivity contribution in [3.8, 4) is 0 Å². The van der Waals surface area contributed by atoms with Gasteiger partial charge in [0.2, 0.25) is 0 Å². The van der Waals surface area contributed by atoms with E-state index in [9.17, 15) is 5.11 Å². The molecule has 2 N–H and O–H groups in total. The fourth-order valence-electron chi connectivity index (χ4n) is 1.91. The van der Waals surface area contributed by atoms with E-state index in [-0.39, 0.29) is 6.10 Å². The second-order valence-electron chi connectivity index (χ2n) is 5.26. The van der Waals surface area contributed by atoms with Crippen LogP contribution in [0.3, 0.4) is 0 Å². The third-order valence-electron chi connectivity index (χ3n) is 3.07. The van der Waals surface area contributed by atoms with E-state index < -0.39 is 0 Å². The lowest BCUT2D eigenvalue weighted by molar-refractivity contribution is 0.0346. The number of hydrogen-bond acceptors (Lipinski definition) is 4. The molecule has 116 valence electrons. The lowest BCUT2D eigenvalue weighted by atomic mass is 10.1. The first-order chi connectivity index (χ1) is 9.20. The Morgan fingerprint density at radius 2 is 1.84 bits per heavy atom. The molecule has 0 aliphatic carbocycles. The fraction of sp³-hybridized carbons (Fsp3) is 1.00. The molecule has 0 aliphatic rings. The molecule has 2 unspecified atom stereocenters. The number of aliphatic hydroxyl groups is 1. The number of unbranched alkanes of at least 4 members (excludes halogenated alkanes) is 5. The average molecular weight is 292 g/mol. The largest absolute Gasteiger partial charge is 0.389 e. The molecule has 0 bridgehead atoms. The molecule has 19 heavy (non-hydrogen) atoms. The molecule has 3 nitrogen and oxygen atoms in total. The van der Waals surface area contributed by atoms with Gasteiger partial charge in [-0.25, -0.2) is 0 Å². The monoisotopic (exact) mass is 291 g/mol. The normalized spacial score (nSPS) is 14.5. The van der Waals surface area contributed by atoms with E-state index in [1.807, 2.05) is 11.8 Å². The molecule has 0 radical (unpaired) electrons. The molecule has 0 heterocycles. The van der Waals surface area contributed by atoms with Gasteiger partial charge in [-0.15, -0.1) is 0 Å². The number of rotatable bonds is 14. The smallest absolute Gasteiger partial charge is 0.0897 e. The second kappa shape index (κ2) is 14.6. The molecular formula is C15H33NO2S. The lowest BCUT2D eigenvalue weighted by Gasteiger charge is -2.16. The molecule has 0 aromatic rings. The number of aliphatic hydroxyl groups excluding tert-OH is 1. The Hall–Kier alpha value is 0.230. The Kier molecular flexibility index (Phi) is 14.8. The van der Waals surface area contributed by atoms with Gasteiger partial charge in [0.25, 0.3) is 0 Å². The Labute approximate surface area is 123 Å². The van der Waals surface area contributed by atoms with Gasteiger partial charge < -0.3 is 15.2 Å². The summed E-state index contributed by atoms with van der Waals surface area (Å²) in [6.07, 6.45) is 9.38. The molecule has 2 atom stereocenters. The third kappa shape index (κ3) is 14.4.